The molecular weight excluding hydrogens is 526 g/mol. The number of primary amides is 1. The fourth-order valence-electron chi connectivity index (χ4n) is 4.18. The van der Waals surface area contributed by atoms with Gasteiger partial charge in [-0.1, -0.05) is 48.5 Å². The average Bonchev–Trinajstić information content (AvgIpc) is 3.30. The van der Waals surface area contributed by atoms with Crippen LogP contribution in [-0.4, -0.2) is 82.8 Å². The van der Waals surface area contributed by atoms with Gasteiger partial charge in [-0.3, -0.25) is 4.79 Å². The number of aromatic nitrogens is 1. The van der Waals surface area contributed by atoms with Crippen LogP contribution < -0.4 is 11.1 Å². The predicted molar refractivity (Wildman–Crippen MR) is 155 cm³/mol. The van der Waals surface area contributed by atoms with Crippen LogP contribution in [0.3, 0.4) is 0 Å². The standard InChI is InChI=1S/C21H22N2O3S.C6H13N3O.ClH/c24-20(16(13-27)10-14-6-2-1-3-7-14)23-19(21(25)26)11-15-12-22-18-9-5-4-8-17(15)18;1-8-2-4-9(5-3-8)6(7)10;/h1-9,12,16,19,22,27H,10-11,13H2,(H,23,24)(H,25,26);2-5H2,1H3,(H2,7,10);1H/t16-,19-;;/m0../s1. The lowest BCUT2D eigenvalue weighted by Crippen LogP contribution is -2.49. The number of carbonyl (C=O) groups is 3. The molecule has 1 aliphatic rings. The summed E-state index contributed by atoms with van der Waals surface area (Å²) >= 11 is 4.28. The Morgan fingerprint density at radius 1 is 1.03 bits per heavy atom. The number of nitrogens with one attached hydrogen (secondary N) is 2. The third-order valence-electron chi connectivity index (χ3n) is 6.44. The van der Waals surface area contributed by atoms with E-state index in [9.17, 15) is 19.5 Å². The molecule has 2 atom stereocenters. The van der Waals surface area contributed by atoms with E-state index < -0.39 is 12.0 Å². The molecule has 3 amide bonds. The fourth-order valence-corrected chi connectivity index (χ4v) is 4.47. The molecule has 2 aromatic carbocycles. The van der Waals surface area contributed by atoms with Gasteiger partial charge in [0.15, 0.2) is 0 Å². The lowest BCUT2D eigenvalue weighted by molar-refractivity contribution is -0.142. The van der Waals surface area contributed by atoms with Crippen molar-refractivity contribution >= 4 is 53.8 Å². The molecule has 1 fully saturated rings. The highest BCUT2D eigenvalue weighted by Crippen LogP contribution is 2.19. The Balaban J connectivity index is 0.000000389. The van der Waals surface area contributed by atoms with Crippen molar-refractivity contribution in [1.29, 1.82) is 0 Å². The molecule has 1 aliphatic heterocycles. The first-order valence-electron chi connectivity index (χ1n) is 12.2. The van der Waals surface area contributed by atoms with E-state index in [0.29, 0.717) is 12.2 Å². The molecule has 4 rings (SSSR count). The Morgan fingerprint density at radius 3 is 2.26 bits per heavy atom. The number of aliphatic carboxylic acids is 1. The number of para-hydroxylation sites is 1. The first kappa shape index (κ1) is 31.0. The summed E-state index contributed by atoms with van der Waals surface area (Å²) in [6.07, 6.45) is 2.54. The van der Waals surface area contributed by atoms with Crippen LogP contribution in [0.5, 0.6) is 0 Å². The van der Waals surface area contributed by atoms with Gasteiger partial charge in [0.2, 0.25) is 5.91 Å². The largest absolute Gasteiger partial charge is 0.480 e. The number of amides is 3. The first-order chi connectivity index (χ1) is 17.8. The summed E-state index contributed by atoms with van der Waals surface area (Å²) in [6, 6.07) is 16.1. The number of rotatable bonds is 8. The molecular formula is C27H36ClN5O4S. The molecule has 11 heteroatoms. The minimum absolute atomic E-state index is 0. The molecule has 0 radical (unpaired) electrons. The average molecular weight is 562 g/mol. The molecule has 38 heavy (non-hydrogen) atoms. The second-order valence-corrected chi connectivity index (χ2v) is 9.53. The van der Waals surface area contributed by atoms with Gasteiger partial charge in [-0.2, -0.15) is 12.6 Å². The lowest BCUT2D eigenvalue weighted by atomic mass is 9.99. The SMILES string of the molecule is CN1CCN(C(N)=O)CC1.Cl.O=C(N[C@@H](Cc1c[nH]c2ccccc12)C(=O)O)[C@H](CS)Cc1ccccc1. The third-order valence-corrected chi connectivity index (χ3v) is 6.89. The molecule has 3 aromatic rings. The smallest absolute Gasteiger partial charge is 0.326 e. The van der Waals surface area contributed by atoms with Crippen LogP contribution in [-0.2, 0) is 22.4 Å². The Bertz CT molecular complexity index is 1180. The Kier molecular flexibility index (Phi) is 12.5. The normalized spacial score (nSPS) is 14.9. The van der Waals surface area contributed by atoms with Crippen LogP contribution in [0, 0.1) is 5.92 Å². The number of carboxylic acids is 1. The van der Waals surface area contributed by atoms with Crippen LogP contribution in [0.2, 0.25) is 0 Å². The van der Waals surface area contributed by atoms with Crippen molar-refractivity contribution in [2.24, 2.45) is 11.7 Å². The molecule has 0 spiro atoms. The third kappa shape index (κ3) is 8.97. The summed E-state index contributed by atoms with van der Waals surface area (Å²) in [5.74, 6) is -1.38. The van der Waals surface area contributed by atoms with E-state index in [0.717, 1.165) is 48.2 Å². The van der Waals surface area contributed by atoms with Crippen LogP contribution in [0.25, 0.3) is 10.9 Å². The zero-order valence-corrected chi connectivity index (χ0v) is 23.1. The van der Waals surface area contributed by atoms with E-state index in [4.69, 9.17) is 5.73 Å². The Hall–Kier alpha value is -3.21. The van der Waals surface area contributed by atoms with Gasteiger partial charge in [0.1, 0.15) is 6.04 Å². The minimum Gasteiger partial charge on any atom is -0.480 e. The van der Waals surface area contributed by atoms with Crippen LogP contribution in [0.15, 0.2) is 60.8 Å². The van der Waals surface area contributed by atoms with Crippen molar-refractivity contribution in [3.05, 3.63) is 71.9 Å². The number of benzene rings is 2. The van der Waals surface area contributed by atoms with Crippen LogP contribution in [0.4, 0.5) is 4.79 Å². The molecule has 206 valence electrons. The predicted octanol–water partition coefficient (Wildman–Crippen LogP) is 2.80. The summed E-state index contributed by atoms with van der Waals surface area (Å²) in [5.41, 5.74) is 7.91. The van der Waals surface area contributed by atoms with Crippen molar-refractivity contribution in [2.75, 3.05) is 39.0 Å². The molecule has 0 unspecified atom stereocenters. The number of aromatic amines is 1. The molecule has 2 heterocycles. The minimum atomic E-state index is -1.05. The van der Waals surface area contributed by atoms with E-state index in [1.165, 1.54) is 0 Å². The van der Waals surface area contributed by atoms with Gasteiger partial charge < -0.3 is 30.9 Å². The summed E-state index contributed by atoms with van der Waals surface area (Å²) in [5, 5.41) is 13.2. The zero-order chi connectivity index (χ0) is 26.8. The maximum Gasteiger partial charge on any atom is 0.326 e. The molecule has 0 aliphatic carbocycles. The quantitative estimate of drug-likeness (QED) is 0.270. The van der Waals surface area contributed by atoms with Crippen molar-refractivity contribution < 1.29 is 19.5 Å². The van der Waals surface area contributed by atoms with Gasteiger partial charge in [-0.15, -0.1) is 12.4 Å². The number of fused-ring (bicyclic) bond motifs is 1. The Labute approximate surface area is 234 Å². The number of nitrogens with zero attached hydrogens (tertiary/aromatic N) is 2. The van der Waals surface area contributed by atoms with E-state index in [2.05, 4.69) is 27.8 Å². The molecule has 1 saturated heterocycles. The Morgan fingerprint density at radius 2 is 1.66 bits per heavy atom. The topological polar surface area (TPSA) is 132 Å². The summed E-state index contributed by atoms with van der Waals surface area (Å²) in [7, 11) is 2.04. The monoisotopic (exact) mass is 561 g/mol. The van der Waals surface area contributed by atoms with Gasteiger partial charge in [0.05, 0.1) is 5.92 Å². The molecule has 1 aromatic heterocycles. The van der Waals surface area contributed by atoms with E-state index >= 15 is 0 Å². The van der Waals surface area contributed by atoms with Crippen molar-refractivity contribution in [1.82, 2.24) is 20.1 Å². The number of likely N-dealkylation sites (N-methyl/N-ethyl adjacent to an activating group) is 1. The maximum atomic E-state index is 12.7. The molecule has 9 nitrogen and oxygen atoms in total. The number of piperazine rings is 1. The van der Waals surface area contributed by atoms with E-state index in [1.807, 2.05) is 61.6 Å². The highest BCUT2D eigenvalue weighted by atomic mass is 35.5. The summed E-state index contributed by atoms with van der Waals surface area (Å²) in [4.78, 5) is 41.9. The second kappa shape index (κ2) is 15.3. The molecule has 0 bridgehead atoms. The van der Waals surface area contributed by atoms with Crippen molar-refractivity contribution in [2.45, 2.75) is 18.9 Å². The van der Waals surface area contributed by atoms with E-state index in [1.54, 1.807) is 11.1 Å². The van der Waals surface area contributed by atoms with Crippen LogP contribution in [0.1, 0.15) is 11.1 Å². The summed E-state index contributed by atoms with van der Waals surface area (Å²) in [6.45, 7) is 3.41. The lowest BCUT2D eigenvalue weighted by Gasteiger charge is -2.30. The zero-order valence-electron chi connectivity index (χ0n) is 21.4. The summed E-state index contributed by atoms with van der Waals surface area (Å²) < 4.78 is 0. The highest BCUT2D eigenvalue weighted by molar-refractivity contribution is 7.80. The first-order valence-corrected chi connectivity index (χ1v) is 12.9. The van der Waals surface area contributed by atoms with E-state index in [-0.39, 0.29) is 36.7 Å². The van der Waals surface area contributed by atoms with Gasteiger partial charge in [-0.25, -0.2) is 9.59 Å². The van der Waals surface area contributed by atoms with Gasteiger partial charge in [0.25, 0.3) is 0 Å². The van der Waals surface area contributed by atoms with Gasteiger partial charge in [-0.05, 0) is 30.7 Å². The number of carbonyl (C=O) groups excluding carboxylic acids is 2. The van der Waals surface area contributed by atoms with Crippen molar-refractivity contribution in [3.63, 3.8) is 0 Å². The number of thiol groups is 1. The maximum absolute atomic E-state index is 12.7. The van der Waals surface area contributed by atoms with Gasteiger partial charge >= 0.3 is 12.0 Å². The van der Waals surface area contributed by atoms with Gasteiger partial charge in [0, 0.05) is 55.5 Å². The fraction of sp³-hybridized carbons (Fsp3) is 0.370. The number of H-pyrrole nitrogens is 1. The number of urea groups is 1. The molecule has 0 saturated carbocycles. The number of halogens is 1. The number of carboxylic acid groups (broad SMARTS) is 1. The molecule has 5 N–H and O–H groups in total. The highest BCUT2D eigenvalue weighted by Gasteiger charge is 2.26. The second-order valence-electron chi connectivity index (χ2n) is 9.16. The number of nitrogens with two attached hydrogens (primary N) is 1. The van der Waals surface area contributed by atoms with Crippen molar-refractivity contribution in [3.8, 4) is 0 Å². The van der Waals surface area contributed by atoms with Crippen LogP contribution >= 0.6 is 25.0 Å². The number of hydrogen-bond acceptors (Lipinski definition) is 5. The number of hydrogen-bond donors (Lipinski definition) is 5.